The van der Waals surface area contributed by atoms with Crippen LogP contribution < -0.4 is 0 Å². The molecule has 0 radical (unpaired) electrons. The Morgan fingerprint density at radius 3 is 2.95 bits per heavy atom. The van der Waals surface area contributed by atoms with Crippen LogP contribution in [-0.2, 0) is 6.54 Å². The average Bonchev–Trinajstić information content (AvgIpc) is 2.89. The van der Waals surface area contributed by atoms with Gasteiger partial charge in [-0.25, -0.2) is 4.98 Å². The molecule has 0 aliphatic rings. The normalized spacial score (nSPS) is 10.3. The molecule has 2 aromatic heterocycles. The van der Waals surface area contributed by atoms with Gasteiger partial charge in [-0.1, -0.05) is 12.1 Å². The van der Waals surface area contributed by atoms with Gasteiger partial charge in [-0.3, -0.25) is 4.79 Å². The number of nitrogens with zero attached hydrogens (tertiary/aromatic N) is 3. The molecule has 1 aromatic carbocycles. The Morgan fingerprint density at radius 2 is 2.15 bits per heavy atom. The Balaban J connectivity index is 2.02. The molecule has 4 heteroatoms. The summed E-state index contributed by atoms with van der Waals surface area (Å²) in [6, 6.07) is 13.3. The van der Waals surface area contributed by atoms with Crippen LogP contribution in [0.5, 0.6) is 0 Å². The van der Waals surface area contributed by atoms with Gasteiger partial charge in [0.1, 0.15) is 18.0 Å². The summed E-state index contributed by atoms with van der Waals surface area (Å²) >= 11 is 0. The molecule has 4 nitrogen and oxygen atoms in total. The summed E-state index contributed by atoms with van der Waals surface area (Å²) in [6.07, 6.45) is 4.46. The summed E-state index contributed by atoms with van der Waals surface area (Å²) in [4.78, 5) is 14.8. The zero-order valence-electron chi connectivity index (χ0n) is 10.7. The first-order valence-corrected chi connectivity index (χ1v) is 6.19. The van der Waals surface area contributed by atoms with Gasteiger partial charge in [0.15, 0.2) is 0 Å². The van der Waals surface area contributed by atoms with Gasteiger partial charge in [-0.2, -0.15) is 5.26 Å². The van der Waals surface area contributed by atoms with E-state index in [1.807, 2.05) is 36.5 Å². The fourth-order valence-electron chi connectivity index (χ4n) is 2.24. The molecule has 2 heterocycles. The fraction of sp³-hybridized carbons (Fsp3) is 0.0625. The number of hydrogen-bond donors (Lipinski definition) is 0. The van der Waals surface area contributed by atoms with Crippen molar-refractivity contribution in [3.63, 3.8) is 0 Å². The van der Waals surface area contributed by atoms with E-state index in [0.29, 0.717) is 17.8 Å². The van der Waals surface area contributed by atoms with E-state index in [1.54, 1.807) is 18.3 Å². The maximum Gasteiger partial charge on any atom is 0.150 e. The smallest absolute Gasteiger partial charge is 0.150 e. The number of aromatic nitrogens is 2. The van der Waals surface area contributed by atoms with Crippen molar-refractivity contribution in [2.75, 3.05) is 0 Å². The van der Waals surface area contributed by atoms with Crippen molar-refractivity contribution >= 4 is 17.2 Å². The predicted molar refractivity (Wildman–Crippen MR) is 75.4 cm³/mol. The number of benzene rings is 1. The second kappa shape index (κ2) is 4.98. The van der Waals surface area contributed by atoms with E-state index >= 15 is 0 Å². The van der Waals surface area contributed by atoms with E-state index in [0.717, 1.165) is 22.8 Å². The molecule has 0 bridgehead atoms. The minimum atomic E-state index is 0.410. The molecule has 0 fully saturated rings. The summed E-state index contributed by atoms with van der Waals surface area (Å²) in [5, 5.41) is 9.96. The van der Waals surface area contributed by atoms with Crippen molar-refractivity contribution in [1.82, 2.24) is 9.55 Å². The Morgan fingerprint density at radius 1 is 1.25 bits per heavy atom. The van der Waals surface area contributed by atoms with Crippen molar-refractivity contribution in [3.05, 3.63) is 65.6 Å². The highest BCUT2D eigenvalue weighted by Crippen LogP contribution is 2.18. The summed E-state index contributed by atoms with van der Waals surface area (Å²) < 4.78 is 2.05. The highest BCUT2D eigenvalue weighted by molar-refractivity contribution is 5.87. The maximum absolute atomic E-state index is 10.9. The van der Waals surface area contributed by atoms with Gasteiger partial charge in [0.25, 0.3) is 0 Å². The number of fused-ring (bicyclic) bond motifs is 1. The summed E-state index contributed by atoms with van der Waals surface area (Å²) in [7, 11) is 0. The molecular weight excluding hydrogens is 250 g/mol. The third-order valence-electron chi connectivity index (χ3n) is 3.23. The van der Waals surface area contributed by atoms with E-state index < -0.39 is 0 Å². The number of aldehydes is 1. The van der Waals surface area contributed by atoms with E-state index in [-0.39, 0.29) is 0 Å². The molecule has 0 aliphatic carbocycles. The van der Waals surface area contributed by atoms with Crippen molar-refractivity contribution in [1.29, 1.82) is 5.26 Å². The van der Waals surface area contributed by atoms with E-state index in [9.17, 15) is 4.79 Å². The van der Waals surface area contributed by atoms with Crippen LogP contribution >= 0.6 is 0 Å². The SMILES string of the molecule is N#Cc1cc(Cn2ccc3ccc(C=O)cc32)ccn1. The summed E-state index contributed by atoms with van der Waals surface area (Å²) in [6.45, 7) is 0.642. The molecule has 20 heavy (non-hydrogen) atoms. The molecular formula is C16H11N3O. The van der Waals surface area contributed by atoms with Crippen molar-refractivity contribution in [3.8, 4) is 6.07 Å². The number of hydrogen-bond acceptors (Lipinski definition) is 3. The summed E-state index contributed by atoms with van der Waals surface area (Å²) in [5.41, 5.74) is 3.08. The molecule has 0 atom stereocenters. The largest absolute Gasteiger partial charge is 0.343 e. The molecule has 96 valence electrons. The van der Waals surface area contributed by atoms with Crippen LogP contribution in [0.15, 0.2) is 48.8 Å². The summed E-state index contributed by atoms with van der Waals surface area (Å²) in [5.74, 6) is 0. The lowest BCUT2D eigenvalue weighted by atomic mass is 10.2. The quantitative estimate of drug-likeness (QED) is 0.681. The van der Waals surface area contributed by atoms with E-state index in [4.69, 9.17) is 5.26 Å². The Hall–Kier alpha value is -2.93. The number of carbonyl (C=O) groups excluding carboxylic acids is 1. The van der Waals surface area contributed by atoms with Crippen LogP contribution in [0.25, 0.3) is 10.9 Å². The average molecular weight is 261 g/mol. The second-order valence-electron chi connectivity index (χ2n) is 4.54. The first-order valence-electron chi connectivity index (χ1n) is 6.19. The van der Waals surface area contributed by atoms with Gasteiger partial charge in [-0.05, 0) is 35.2 Å². The van der Waals surface area contributed by atoms with Crippen molar-refractivity contribution < 1.29 is 4.79 Å². The highest BCUT2D eigenvalue weighted by atomic mass is 16.1. The molecule has 0 spiro atoms. The lowest BCUT2D eigenvalue weighted by Gasteiger charge is -2.06. The zero-order valence-corrected chi connectivity index (χ0v) is 10.7. The van der Waals surface area contributed by atoms with Crippen LogP contribution in [0.3, 0.4) is 0 Å². The lowest BCUT2D eigenvalue weighted by molar-refractivity contribution is 0.112. The van der Waals surface area contributed by atoms with Gasteiger partial charge < -0.3 is 4.57 Å². The van der Waals surface area contributed by atoms with Gasteiger partial charge in [0, 0.05) is 30.0 Å². The second-order valence-corrected chi connectivity index (χ2v) is 4.54. The number of pyridine rings is 1. The van der Waals surface area contributed by atoms with Crippen LogP contribution in [0, 0.1) is 11.3 Å². The minimum Gasteiger partial charge on any atom is -0.343 e. The predicted octanol–water partition coefficient (Wildman–Crippen LogP) is 2.77. The first-order chi connectivity index (χ1) is 9.80. The first kappa shape index (κ1) is 12.1. The zero-order chi connectivity index (χ0) is 13.9. The van der Waals surface area contributed by atoms with E-state index in [1.165, 1.54) is 0 Å². The third kappa shape index (κ3) is 2.17. The Labute approximate surface area is 115 Å². The minimum absolute atomic E-state index is 0.410. The van der Waals surface area contributed by atoms with Crippen LogP contribution in [0.1, 0.15) is 21.6 Å². The maximum atomic E-state index is 10.9. The Bertz CT molecular complexity index is 827. The van der Waals surface area contributed by atoms with E-state index in [2.05, 4.69) is 9.55 Å². The van der Waals surface area contributed by atoms with Gasteiger partial charge in [0.2, 0.25) is 0 Å². The van der Waals surface area contributed by atoms with Crippen LogP contribution in [-0.4, -0.2) is 15.8 Å². The van der Waals surface area contributed by atoms with Gasteiger partial charge in [0.05, 0.1) is 0 Å². The van der Waals surface area contributed by atoms with Gasteiger partial charge in [-0.15, -0.1) is 0 Å². The molecule has 0 unspecified atom stereocenters. The third-order valence-corrected chi connectivity index (χ3v) is 3.23. The Kier molecular flexibility index (Phi) is 3.02. The lowest BCUT2D eigenvalue weighted by Crippen LogP contribution is -1.99. The fourth-order valence-corrected chi connectivity index (χ4v) is 2.24. The van der Waals surface area contributed by atoms with Crippen molar-refractivity contribution in [2.24, 2.45) is 0 Å². The molecule has 0 saturated carbocycles. The number of carbonyl (C=O) groups is 1. The van der Waals surface area contributed by atoms with Crippen LogP contribution in [0.2, 0.25) is 0 Å². The standard InChI is InChI=1S/C16H11N3O/c17-9-15-7-12(3-5-18-15)10-19-6-4-14-2-1-13(11-20)8-16(14)19/h1-8,11H,10H2. The molecule has 0 aliphatic heterocycles. The van der Waals surface area contributed by atoms with Crippen LogP contribution in [0.4, 0.5) is 0 Å². The highest BCUT2D eigenvalue weighted by Gasteiger charge is 2.04. The monoisotopic (exact) mass is 261 g/mol. The number of rotatable bonds is 3. The molecule has 3 rings (SSSR count). The molecule has 0 saturated heterocycles. The topological polar surface area (TPSA) is 58.7 Å². The molecule has 3 aromatic rings. The van der Waals surface area contributed by atoms with Crippen molar-refractivity contribution in [2.45, 2.75) is 6.54 Å². The molecule has 0 N–H and O–H groups in total. The molecule has 0 amide bonds. The van der Waals surface area contributed by atoms with Gasteiger partial charge >= 0.3 is 0 Å². The number of nitriles is 1.